The van der Waals surface area contributed by atoms with Crippen LogP contribution < -0.4 is 5.32 Å². The second-order valence-corrected chi connectivity index (χ2v) is 4.19. The van der Waals surface area contributed by atoms with Gasteiger partial charge in [0, 0.05) is 12.2 Å². The zero-order valence-electron chi connectivity index (χ0n) is 10.9. The maximum atomic E-state index is 13.9. The lowest BCUT2D eigenvalue weighted by atomic mass is 10.0. The number of aryl methyl sites for hydroxylation is 1. The maximum Gasteiger partial charge on any atom is 0.128 e. The molecule has 1 N–H and O–H groups in total. The fourth-order valence-corrected chi connectivity index (χ4v) is 1.73. The van der Waals surface area contributed by atoms with Gasteiger partial charge < -0.3 is 10.1 Å². The Balaban J connectivity index is 2.79. The molecule has 0 amide bonds. The van der Waals surface area contributed by atoms with Gasteiger partial charge in [-0.2, -0.15) is 0 Å². The van der Waals surface area contributed by atoms with E-state index in [0.29, 0.717) is 18.8 Å². The number of halogens is 1. The second kappa shape index (κ2) is 7.41. The van der Waals surface area contributed by atoms with Gasteiger partial charge in [-0.05, 0) is 38.4 Å². The van der Waals surface area contributed by atoms with E-state index < -0.39 is 0 Å². The van der Waals surface area contributed by atoms with Gasteiger partial charge in [0.05, 0.1) is 12.6 Å². The van der Waals surface area contributed by atoms with E-state index in [9.17, 15) is 4.39 Å². The first-order valence-electron chi connectivity index (χ1n) is 6.26. The lowest BCUT2D eigenvalue weighted by Gasteiger charge is -2.19. The summed E-state index contributed by atoms with van der Waals surface area (Å²) in [5, 5.41) is 3.32. The topological polar surface area (TPSA) is 21.3 Å². The van der Waals surface area contributed by atoms with Crippen LogP contribution in [0.1, 0.15) is 37.4 Å². The molecule has 0 aliphatic heterocycles. The molecule has 1 aromatic rings. The third-order valence-corrected chi connectivity index (χ3v) is 2.66. The van der Waals surface area contributed by atoms with Crippen molar-refractivity contribution < 1.29 is 9.13 Å². The van der Waals surface area contributed by atoms with Gasteiger partial charge in [0.25, 0.3) is 0 Å². The molecule has 0 bridgehead atoms. The third-order valence-electron chi connectivity index (χ3n) is 2.66. The van der Waals surface area contributed by atoms with Gasteiger partial charge in [-0.1, -0.05) is 19.1 Å². The molecule has 1 rings (SSSR count). The van der Waals surface area contributed by atoms with Crippen LogP contribution in [0.4, 0.5) is 4.39 Å². The molecule has 0 saturated carbocycles. The van der Waals surface area contributed by atoms with Crippen molar-refractivity contribution in [3.63, 3.8) is 0 Å². The van der Waals surface area contributed by atoms with Crippen molar-refractivity contribution in [2.45, 2.75) is 33.2 Å². The Labute approximate surface area is 103 Å². The van der Waals surface area contributed by atoms with Gasteiger partial charge in [-0.25, -0.2) is 4.39 Å². The number of hydrogen-bond acceptors (Lipinski definition) is 2. The molecule has 1 atom stereocenters. The van der Waals surface area contributed by atoms with Gasteiger partial charge in [0.2, 0.25) is 0 Å². The molecule has 0 aromatic heterocycles. The van der Waals surface area contributed by atoms with Gasteiger partial charge >= 0.3 is 0 Å². The number of ether oxygens (including phenoxy) is 1. The largest absolute Gasteiger partial charge is 0.380 e. The fraction of sp³-hybridized carbons (Fsp3) is 0.571. The Bertz CT molecular complexity index is 333. The van der Waals surface area contributed by atoms with E-state index in [2.05, 4.69) is 12.2 Å². The monoisotopic (exact) mass is 239 g/mol. The number of nitrogens with one attached hydrogen (secondary N) is 1. The van der Waals surface area contributed by atoms with Crippen molar-refractivity contribution in [1.82, 2.24) is 5.32 Å². The highest BCUT2D eigenvalue weighted by Crippen LogP contribution is 2.18. The van der Waals surface area contributed by atoms with Crippen molar-refractivity contribution in [2.75, 3.05) is 19.8 Å². The Morgan fingerprint density at radius 1 is 1.35 bits per heavy atom. The van der Waals surface area contributed by atoms with Crippen LogP contribution >= 0.6 is 0 Å². The van der Waals surface area contributed by atoms with Crippen LogP contribution in [0.5, 0.6) is 0 Å². The summed E-state index contributed by atoms with van der Waals surface area (Å²) in [7, 11) is 0. The lowest BCUT2D eigenvalue weighted by molar-refractivity contribution is 0.122. The standard InChI is InChI=1S/C14H22FNO/c1-4-8-16-14(10-17-5-2)12-7-6-11(3)9-13(12)15/h6-7,9,14,16H,4-5,8,10H2,1-3H3. The molecule has 96 valence electrons. The van der Waals surface area contributed by atoms with E-state index in [0.717, 1.165) is 18.5 Å². The minimum absolute atomic E-state index is 0.0597. The Morgan fingerprint density at radius 2 is 2.12 bits per heavy atom. The van der Waals surface area contributed by atoms with E-state index in [-0.39, 0.29) is 11.9 Å². The maximum absolute atomic E-state index is 13.9. The van der Waals surface area contributed by atoms with E-state index in [1.165, 1.54) is 0 Å². The summed E-state index contributed by atoms with van der Waals surface area (Å²) in [5.41, 5.74) is 1.63. The van der Waals surface area contributed by atoms with Crippen LogP contribution in [0.15, 0.2) is 18.2 Å². The van der Waals surface area contributed by atoms with Crippen LogP contribution in [0.3, 0.4) is 0 Å². The van der Waals surface area contributed by atoms with Crippen LogP contribution in [0.25, 0.3) is 0 Å². The summed E-state index contributed by atoms with van der Waals surface area (Å²) in [6.07, 6.45) is 1.02. The summed E-state index contributed by atoms with van der Waals surface area (Å²) in [4.78, 5) is 0. The fourth-order valence-electron chi connectivity index (χ4n) is 1.73. The van der Waals surface area contributed by atoms with Gasteiger partial charge in [0.1, 0.15) is 5.82 Å². The first kappa shape index (κ1) is 14.1. The molecule has 0 radical (unpaired) electrons. The Morgan fingerprint density at radius 3 is 2.71 bits per heavy atom. The zero-order chi connectivity index (χ0) is 12.7. The number of benzene rings is 1. The van der Waals surface area contributed by atoms with E-state index in [1.54, 1.807) is 6.07 Å². The van der Waals surface area contributed by atoms with E-state index >= 15 is 0 Å². The molecule has 0 fully saturated rings. The van der Waals surface area contributed by atoms with Crippen LogP contribution in [0.2, 0.25) is 0 Å². The highest BCUT2D eigenvalue weighted by Gasteiger charge is 2.14. The van der Waals surface area contributed by atoms with Crippen LogP contribution in [-0.2, 0) is 4.74 Å². The quantitative estimate of drug-likeness (QED) is 0.789. The molecule has 0 aliphatic carbocycles. The van der Waals surface area contributed by atoms with Crippen molar-refractivity contribution >= 4 is 0 Å². The van der Waals surface area contributed by atoms with Gasteiger partial charge in [-0.3, -0.25) is 0 Å². The molecule has 1 unspecified atom stereocenters. The van der Waals surface area contributed by atoms with E-state index in [1.807, 2.05) is 26.0 Å². The molecular formula is C14H22FNO. The lowest BCUT2D eigenvalue weighted by Crippen LogP contribution is -2.27. The Kier molecular flexibility index (Phi) is 6.16. The molecule has 0 aliphatic rings. The second-order valence-electron chi connectivity index (χ2n) is 4.19. The minimum Gasteiger partial charge on any atom is -0.380 e. The summed E-state index contributed by atoms with van der Waals surface area (Å²) >= 11 is 0. The smallest absolute Gasteiger partial charge is 0.128 e. The average Bonchev–Trinajstić information content (AvgIpc) is 2.30. The Hall–Kier alpha value is -0.930. The molecule has 2 nitrogen and oxygen atoms in total. The molecule has 3 heteroatoms. The van der Waals surface area contributed by atoms with Crippen molar-refractivity contribution in [3.8, 4) is 0 Å². The molecular weight excluding hydrogens is 217 g/mol. The summed E-state index contributed by atoms with van der Waals surface area (Å²) < 4.78 is 19.3. The summed E-state index contributed by atoms with van der Waals surface area (Å²) in [6, 6.07) is 5.29. The normalized spacial score (nSPS) is 12.7. The first-order valence-corrected chi connectivity index (χ1v) is 6.26. The predicted molar refractivity (Wildman–Crippen MR) is 68.7 cm³/mol. The van der Waals surface area contributed by atoms with E-state index in [4.69, 9.17) is 4.74 Å². The van der Waals surface area contributed by atoms with Crippen LogP contribution in [-0.4, -0.2) is 19.8 Å². The molecule has 17 heavy (non-hydrogen) atoms. The predicted octanol–water partition coefficient (Wildman–Crippen LogP) is 3.21. The summed E-state index contributed by atoms with van der Waals surface area (Å²) in [5.74, 6) is -0.154. The highest BCUT2D eigenvalue weighted by atomic mass is 19.1. The third kappa shape index (κ3) is 4.44. The van der Waals surface area contributed by atoms with Crippen molar-refractivity contribution in [1.29, 1.82) is 0 Å². The number of hydrogen-bond donors (Lipinski definition) is 1. The van der Waals surface area contributed by atoms with Crippen molar-refractivity contribution in [3.05, 3.63) is 35.1 Å². The first-order chi connectivity index (χ1) is 8.19. The minimum atomic E-state index is -0.154. The van der Waals surface area contributed by atoms with Crippen molar-refractivity contribution in [2.24, 2.45) is 0 Å². The SMILES string of the molecule is CCCNC(COCC)c1ccc(C)cc1F. The van der Waals surface area contributed by atoms with Gasteiger partial charge in [0.15, 0.2) is 0 Å². The molecule has 0 heterocycles. The molecule has 0 saturated heterocycles. The molecule has 0 spiro atoms. The summed E-state index contributed by atoms with van der Waals surface area (Å²) in [6.45, 7) is 7.96. The highest BCUT2D eigenvalue weighted by molar-refractivity contribution is 5.26. The average molecular weight is 239 g/mol. The van der Waals surface area contributed by atoms with Gasteiger partial charge in [-0.15, -0.1) is 0 Å². The van der Waals surface area contributed by atoms with Crippen LogP contribution in [0, 0.1) is 12.7 Å². The zero-order valence-corrected chi connectivity index (χ0v) is 10.9. The number of rotatable bonds is 7. The molecule has 1 aromatic carbocycles.